The molecule has 0 radical (unpaired) electrons. The van der Waals surface area contributed by atoms with Gasteiger partial charge >= 0.3 is 11.7 Å². The van der Waals surface area contributed by atoms with E-state index in [-0.39, 0.29) is 32.9 Å². The summed E-state index contributed by atoms with van der Waals surface area (Å²) in [5, 5.41) is 12.5. The maximum absolute atomic E-state index is 12.6. The molecule has 138 valence electrons. The number of fused-ring (bicyclic) bond motifs is 1. The lowest BCUT2D eigenvalue weighted by Gasteiger charge is -2.09. The van der Waals surface area contributed by atoms with Crippen LogP contribution in [0.2, 0.25) is 0 Å². The number of aromatic carboxylic acids is 1. The average Bonchev–Trinajstić information content (AvgIpc) is 3.13. The van der Waals surface area contributed by atoms with Crippen LogP contribution < -0.4 is 10.4 Å². The predicted octanol–water partition coefficient (Wildman–Crippen LogP) is 0.804. The van der Waals surface area contributed by atoms with Crippen LogP contribution in [0.5, 0.6) is 0 Å². The van der Waals surface area contributed by atoms with Crippen LogP contribution in [0, 0.1) is 0 Å². The van der Waals surface area contributed by atoms with Crippen LogP contribution in [0.3, 0.4) is 0 Å². The number of rotatable bonds is 5. The van der Waals surface area contributed by atoms with Gasteiger partial charge in [0.1, 0.15) is 17.5 Å². The zero-order valence-electron chi connectivity index (χ0n) is 13.6. The third-order valence-corrected chi connectivity index (χ3v) is 6.28. The van der Waals surface area contributed by atoms with Crippen LogP contribution in [0.15, 0.2) is 37.1 Å². The number of halogens is 1. The molecule has 0 aliphatic carbocycles. The van der Waals surface area contributed by atoms with Crippen LogP contribution in [-0.2, 0) is 30.7 Å². The fourth-order valence-corrected chi connectivity index (χ4v) is 4.54. The van der Waals surface area contributed by atoms with Crippen LogP contribution in [0.4, 0.5) is 0 Å². The summed E-state index contributed by atoms with van der Waals surface area (Å²) >= 11 is 3.21. The van der Waals surface area contributed by atoms with Crippen molar-refractivity contribution in [3.8, 4) is 0 Å². The number of sulfonamides is 1. The van der Waals surface area contributed by atoms with Crippen molar-refractivity contribution in [2.75, 3.05) is 0 Å². The highest BCUT2D eigenvalue weighted by Crippen LogP contribution is 2.27. The lowest BCUT2D eigenvalue weighted by Crippen LogP contribution is -2.24. The number of carboxylic acids is 1. The molecule has 0 aliphatic rings. The molecule has 10 nitrogen and oxygen atoms in total. The van der Waals surface area contributed by atoms with Crippen LogP contribution in [0.25, 0.3) is 11.0 Å². The van der Waals surface area contributed by atoms with E-state index in [1.54, 1.807) is 7.05 Å². The topological polar surface area (TPSA) is 136 Å². The summed E-state index contributed by atoms with van der Waals surface area (Å²) in [7, 11) is -0.894. The van der Waals surface area contributed by atoms with E-state index in [0.29, 0.717) is 11.0 Å². The van der Waals surface area contributed by atoms with Gasteiger partial charge in [-0.25, -0.2) is 22.7 Å². The maximum Gasteiger partial charge on any atom is 0.341 e. The van der Waals surface area contributed by atoms with Crippen LogP contribution in [-0.4, -0.2) is 33.8 Å². The SMILES string of the molecule is Cn1c(=O)n(C)c2cc(S(=O)(=O)NCc3nocc3C(=O)O)c(Br)cc21. The van der Waals surface area contributed by atoms with Crippen molar-refractivity contribution < 1.29 is 22.8 Å². The number of imidazole rings is 1. The molecule has 2 heterocycles. The van der Waals surface area contributed by atoms with Crippen LogP contribution in [0.1, 0.15) is 16.1 Å². The van der Waals surface area contributed by atoms with Gasteiger partial charge in [0, 0.05) is 18.6 Å². The second kappa shape index (κ2) is 6.37. The number of aromatic nitrogens is 3. The maximum atomic E-state index is 12.6. The molecular weight excluding hydrogens is 432 g/mol. The summed E-state index contributed by atoms with van der Waals surface area (Å²) in [6.07, 6.45) is 0.924. The molecule has 0 saturated carbocycles. The summed E-state index contributed by atoms with van der Waals surface area (Å²) in [5.41, 5.74) is 0.433. The van der Waals surface area contributed by atoms with Crippen molar-refractivity contribution in [1.82, 2.24) is 19.0 Å². The highest BCUT2D eigenvalue weighted by Gasteiger charge is 2.23. The molecule has 0 unspecified atom stereocenters. The third-order valence-electron chi connectivity index (χ3n) is 3.92. The van der Waals surface area contributed by atoms with Gasteiger partial charge in [-0.1, -0.05) is 5.16 Å². The number of nitrogens with zero attached hydrogens (tertiary/aromatic N) is 3. The third kappa shape index (κ3) is 2.95. The number of carbonyl (C=O) groups is 1. The second-order valence-corrected chi connectivity index (χ2v) is 8.07. The molecule has 0 fully saturated rings. The van der Waals surface area contributed by atoms with Gasteiger partial charge in [-0.15, -0.1) is 0 Å². The van der Waals surface area contributed by atoms with Gasteiger partial charge in [-0.2, -0.15) is 0 Å². The van der Waals surface area contributed by atoms with Crippen molar-refractivity contribution in [2.24, 2.45) is 14.1 Å². The quantitative estimate of drug-likeness (QED) is 0.593. The molecule has 12 heteroatoms. The monoisotopic (exact) mass is 444 g/mol. The van der Waals surface area contributed by atoms with Gasteiger partial charge in [0.15, 0.2) is 0 Å². The van der Waals surface area contributed by atoms with Gasteiger partial charge < -0.3 is 9.63 Å². The van der Waals surface area contributed by atoms with E-state index in [1.807, 2.05) is 0 Å². The molecule has 0 amide bonds. The summed E-state index contributed by atoms with van der Waals surface area (Å²) in [6.45, 7) is -0.362. The molecule has 3 aromatic rings. The first-order valence-corrected chi connectivity index (χ1v) is 9.42. The minimum atomic E-state index is -4.02. The molecule has 0 spiro atoms. The number of hydrogen-bond acceptors (Lipinski definition) is 6. The lowest BCUT2D eigenvalue weighted by atomic mass is 10.2. The van der Waals surface area contributed by atoms with Gasteiger partial charge in [0.2, 0.25) is 10.0 Å². The van der Waals surface area contributed by atoms with Gasteiger partial charge in [0.25, 0.3) is 0 Å². The Morgan fingerprint density at radius 3 is 2.54 bits per heavy atom. The van der Waals surface area contributed by atoms with Crippen molar-refractivity contribution >= 4 is 43.0 Å². The van der Waals surface area contributed by atoms with Gasteiger partial charge in [0.05, 0.1) is 22.5 Å². The minimum absolute atomic E-state index is 0.0506. The molecule has 0 atom stereocenters. The summed E-state index contributed by atoms with van der Waals surface area (Å²) in [4.78, 5) is 23.0. The van der Waals surface area contributed by atoms with Crippen LogP contribution >= 0.6 is 15.9 Å². The Balaban J connectivity index is 2.00. The normalized spacial score (nSPS) is 12.0. The Labute approximate surface area is 155 Å². The van der Waals surface area contributed by atoms with Gasteiger partial charge in [-0.3, -0.25) is 9.13 Å². The molecule has 2 aromatic heterocycles. The highest BCUT2D eigenvalue weighted by molar-refractivity contribution is 9.10. The molecule has 0 bridgehead atoms. The van der Waals surface area contributed by atoms with Crippen molar-refractivity contribution in [2.45, 2.75) is 11.4 Å². The van der Waals surface area contributed by atoms with E-state index < -0.39 is 16.0 Å². The first-order valence-electron chi connectivity index (χ1n) is 7.14. The summed E-state index contributed by atoms with van der Waals surface area (Å²) in [5.74, 6) is -1.28. The van der Waals surface area contributed by atoms with Crippen molar-refractivity contribution in [3.05, 3.63) is 44.6 Å². The first kappa shape index (κ1) is 18.4. The second-order valence-electron chi connectivity index (χ2n) is 5.48. The molecule has 2 N–H and O–H groups in total. The van der Waals surface area contributed by atoms with Crippen molar-refractivity contribution in [3.63, 3.8) is 0 Å². The predicted molar refractivity (Wildman–Crippen MR) is 93.3 cm³/mol. The number of carboxylic acid groups (broad SMARTS) is 1. The molecular formula is C14H13BrN4O6S. The largest absolute Gasteiger partial charge is 0.478 e. The molecule has 0 aliphatic heterocycles. The van der Waals surface area contributed by atoms with E-state index in [0.717, 1.165) is 6.26 Å². The Kier molecular flexibility index (Phi) is 4.50. The summed E-state index contributed by atoms with van der Waals surface area (Å²) in [6, 6.07) is 2.90. The highest BCUT2D eigenvalue weighted by atomic mass is 79.9. The van der Waals surface area contributed by atoms with Gasteiger partial charge in [-0.05, 0) is 28.1 Å². The fraction of sp³-hybridized carbons (Fsp3) is 0.214. The van der Waals surface area contributed by atoms with E-state index in [2.05, 4.69) is 30.3 Å². The Morgan fingerprint density at radius 1 is 1.31 bits per heavy atom. The molecule has 1 aromatic carbocycles. The Morgan fingerprint density at radius 2 is 1.92 bits per heavy atom. The zero-order valence-corrected chi connectivity index (χ0v) is 16.0. The van der Waals surface area contributed by atoms with E-state index in [4.69, 9.17) is 5.11 Å². The number of benzene rings is 1. The number of nitrogens with one attached hydrogen (secondary N) is 1. The average molecular weight is 445 g/mol. The molecule has 0 saturated heterocycles. The molecule has 3 rings (SSSR count). The number of aryl methyl sites for hydroxylation is 2. The van der Waals surface area contributed by atoms with E-state index in [9.17, 15) is 18.0 Å². The first-order chi connectivity index (χ1) is 12.1. The fourth-order valence-electron chi connectivity index (χ4n) is 2.51. The van der Waals surface area contributed by atoms with E-state index >= 15 is 0 Å². The minimum Gasteiger partial charge on any atom is -0.478 e. The Hall–Kier alpha value is -2.44. The zero-order chi connectivity index (χ0) is 19.2. The Bertz CT molecular complexity index is 1190. The van der Waals surface area contributed by atoms with E-state index in [1.165, 1.54) is 28.3 Å². The number of hydrogen-bond donors (Lipinski definition) is 2. The summed E-state index contributed by atoms with van der Waals surface area (Å²) < 4.78 is 35.1. The molecule has 26 heavy (non-hydrogen) atoms. The standard InChI is InChI=1S/C14H13BrN4O6S/c1-18-10-3-8(15)12(4-11(10)19(2)14(18)22)26(23,24)16-5-9-7(13(20)21)6-25-17-9/h3-4,6,16H,5H2,1-2H3,(H,20,21). The lowest BCUT2D eigenvalue weighted by molar-refractivity contribution is 0.0695. The van der Waals surface area contributed by atoms with Crippen molar-refractivity contribution in [1.29, 1.82) is 0 Å². The smallest absolute Gasteiger partial charge is 0.341 e.